The number of amides is 1. The van der Waals surface area contributed by atoms with E-state index in [4.69, 9.17) is 11.6 Å². The zero-order chi connectivity index (χ0) is 22.9. The maximum Gasteiger partial charge on any atom is 0.231 e. The number of carbonyl (C=O) groups excluding carboxylic acids is 1. The van der Waals surface area contributed by atoms with Crippen LogP contribution in [-0.4, -0.2) is 41.8 Å². The Hall–Kier alpha value is -3.11. The molecule has 2 atom stereocenters. The topological polar surface area (TPSA) is 108 Å². The molecule has 3 N–H and O–H groups in total. The van der Waals surface area contributed by atoms with Crippen molar-refractivity contribution < 1.29 is 18.7 Å². The number of hydrogen-bond donors (Lipinski definition) is 3. The maximum absolute atomic E-state index is 15.6. The van der Waals surface area contributed by atoms with Crippen molar-refractivity contribution in [3.05, 3.63) is 41.2 Å². The van der Waals surface area contributed by atoms with E-state index in [9.17, 15) is 14.3 Å². The summed E-state index contributed by atoms with van der Waals surface area (Å²) in [5, 5.41) is 21.0. The van der Waals surface area contributed by atoms with Gasteiger partial charge in [0.05, 0.1) is 46.3 Å². The Bertz CT molecular complexity index is 1430. The number of aromatic amines is 1. The summed E-state index contributed by atoms with van der Waals surface area (Å²) in [6.45, 7) is 0. The molecule has 2 fully saturated rings. The van der Waals surface area contributed by atoms with Crippen LogP contribution in [0.3, 0.4) is 0 Å². The number of halogens is 3. The Morgan fingerprint density at radius 2 is 2.06 bits per heavy atom. The molecule has 3 heterocycles. The molecule has 1 amide bonds. The zero-order valence-electron chi connectivity index (χ0n) is 17.3. The number of aromatic nitrogens is 5. The highest BCUT2D eigenvalue weighted by atomic mass is 35.5. The van der Waals surface area contributed by atoms with Crippen molar-refractivity contribution in [2.45, 2.75) is 43.9 Å². The highest BCUT2D eigenvalue weighted by Gasteiger charge is 2.44. The molecule has 2 saturated carbocycles. The van der Waals surface area contributed by atoms with Crippen molar-refractivity contribution in [1.82, 2.24) is 24.6 Å². The molecule has 2 unspecified atom stereocenters. The van der Waals surface area contributed by atoms with Gasteiger partial charge >= 0.3 is 0 Å². The lowest BCUT2D eigenvalue weighted by molar-refractivity contribution is -0.117. The van der Waals surface area contributed by atoms with Crippen molar-refractivity contribution in [3.63, 3.8) is 0 Å². The van der Waals surface area contributed by atoms with Gasteiger partial charge in [-0.2, -0.15) is 5.10 Å². The predicted octanol–water partition coefficient (Wildman–Crippen LogP) is 4.12. The van der Waals surface area contributed by atoms with Gasteiger partial charge in [0.2, 0.25) is 5.91 Å². The molecule has 0 aliphatic heterocycles. The van der Waals surface area contributed by atoms with Crippen LogP contribution in [0.5, 0.6) is 0 Å². The molecule has 0 spiro atoms. The van der Waals surface area contributed by atoms with Gasteiger partial charge in [0.25, 0.3) is 0 Å². The molecule has 2 aliphatic rings. The number of rotatable bonds is 4. The van der Waals surface area contributed by atoms with Crippen LogP contribution < -0.4 is 5.32 Å². The number of carbonyl (C=O) groups is 1. The fourth-order valence-electron chi connectivity index (χ4n) is 4.75. The van der Waals surface area contributed by atoms with Crippen LogP contribution in [0.4, 0.5) is 14.6 Å². The van der Waals surface area contributed by atoms with Gasteiger partial charge in [-0.25, -0.2) is 13.8 Å². The fourth-order valence-corrected chi connectivity index (χ4v) is 5.05. The number of nitrogens with one attached hydrogen (secondary N) is 2. The van der Waals surface area contributed by atoms with Crippen LogP contribution in [0.1, 0.15) is 37.7 Å². The first kappa shape index (κ1) is 20.5. The number of benzene rings is 1. The van der Waals surface area contributed by atoms with Gasteiger partial charge in [0, 0.05) is 22.7 Å². The van der Waals surface area contributed by atoms with Gasteiger partial charge in [-0.15, -0.1) is 0 Å². The second-order valence-electron chi connectivity index (χ2n) is 8.79. The van der Waals surface area contributed by atoms with E-state index >= 15 is 4.39 Å². The highest BCUT2D eigenvalue weighted by molar-refractivity contribution is 6.35. The van der Waals surface area contributed by atoms with E-state index in [1.165, 1.54) is 12.4 Å². The lowest BCUT2D eigenvalue weighted by Gasteiger charge is -2.25. The molecular weight excluding hydrogens is 454 g/mol. The quantitative estimate of drug-likeness (QED) is 0.414. The second kappa shape index (κ2) is 7.19. The average molecular weight is 473 g/mol. The smallest absolute Gasteiger partial charge is 0.231 e. The SMILES string of the molecule is O=C(Nc1cn2cc(-c3c(Cl)c(F)c(C4(O)CCCC4)c4[nH]ncc34)ncc2n1)C1CC1F. The molecule has 170 valence electrons. The standard InChI is InChI=1S/C22H19ClF2N6O2/c23-18-16(11-6-27-30-20(11)17(19(18)25)22(33)3-1-2-4-22)13-8-31-9-14(28-15(31)7-26-13)29-21(32)10-5-12(10)24/h6-10,12,33H,1-5H2,(H,27,30)(H,29,32). The molecule has 8 nitrogen and oxygen atoms in total. The minimum atomic E-state index is -1.30. The van der Waals surface area contributed by atoms with E-state index < -0.39 is 29.4 Å². The minimum absolute atomic E-state index is 0.140. The van der Waals surface area contributed by atoms with E-state index in [1.807, 2.05) is 0 Å². The summed E-state index contributed by atoms with van der Waals surface area (Å²) in [5.74, 6) is -1.47. The first-order valence-corrected chi connectivity index (χ1v) is 11.1. The summed E-state index contributed by atoms with van der Waals surface area (Å²) >= 11 is 6.50. The number of anilines is 1. The molecule has 2 aliphatic carbocycles. The minimum Gasteiger partial charge on any atom is -0.385 e. The van der Waals surface area contributed by atoms with E-state index in [0.29, 0.717) is 40.6 Å². The normalized spacial score (nSPS) is 21.7. The summed E-state index contributed by atoms with van der Waals surface area (Å²) in [7, 11) is 0. The molecule has 33 heavy (non-hydrogen) atoms. The van der Waals surface area contributed by atoms with Crippen LogP contribution in [-0.2, 0) is 10.4 Å². The Balaban J connectivity index is 1.44. The van der Waals surface area contributed by atoms with Gasteiger partial charge in [-0.1, -0.05) is 24.4 Å². The second-order valence-corrected chi connectivity index (χ2v) is 9.16. The van der Waals surface area contributed by atoms with Crippen molar-refractivity contribution >= 4 is 39.9 Å². The van der Waals surface area contributed by atoms with Crippen LogP contribution in [0.15, 0.2) is 24.8 Å². The van der Waals surface area contributed by atoms with E-state index in [1.54, 1.807) is 16.8 Å². The van der Waals surface area contributed by atoms with E-state index in [2.05, 4.69) is 25.5 Å². The third-order valence-corrected chi connectivity index (χ3v) is 6.94. The molecule has 11 heteroatoms. The van der Waals surface area contributed by atoms with Crippen molar-refractivity contribution in [2.75, 3.05) is 5.32 Å². The van der Waals surface area contributed by atoms with Gasteiger partial charge in [0.15, 0.2) is 17.3 Å². The number of imidazole rings is 1. The molecule has 0 saturated heterocycles. The molecule has 0 bridgehead atoms. The predicted molar refractivity (Wildman–Crippen MR) is 117 cm³/mol. The average Bonchev–Trinajstić information content (AvgIpc) is 3.16. The first-order chi connectivity index (χ1) is 15.9. The maximum atomic E-state index is 15.6. The lowest BCUT2D eigenvalue weighted by Crippen LogP contribution is -2.23. The third kappa shape index (κ3) is 3.19. The fraction of sp³-hybridized carbons (Fsp3) is 0.364. The van der Waals surface area contributed by atoms with Crippen LogP contribution in [0.2, 0.25) is 5.02 Å². The summed E-state index contributed by atoms with van der Waals surface area (Å²) in [6.07, 6.45) is 7.81. The molecule has 3 aromatic heterocycles. The van der Waals surface area contributed by atoms with Gasteiger partial charge in [-0.05, 0) is 19.3 Å². The molecule has 6 rings (SSSR count). The van der Waals surface area contributed by atoms with E-state index in [-0.39, 0.29) is 22.8 Å². The Labute approximate surface area is 191 Å². The van der Waals surface area contributed by atoms with Crippen molar-refractivity contribution in [2.24, 2.45) is 5.92 Å². The van der Waals surface area contributed by atoms with Crippen LogP contribution in [0, 0.1) is 11.7 Å². The number of aliphatic hydroxyl groups is 1. The number of alkyl halides is 1. The number of H-pyrrole nitrogens is 1. The monoisotopic (exact) mass is 472 g/mol. The van der Waals surface area contributed by atoms with E-state index in [0.717, 1.165) is 12.8 Å². The summed E-state index contributed by atoms with van der Waals surface area (Å²) in [4.78, 5) is 20.7. The number of fused-ring (bicyclic) bond motifs is 2. The van der Waals surface area contributed by atoms with Crippen molar-refractivity contribution in [3.8, 4) is 11.3 Å². The van der Waals surface area contributed by atoms with Crippen molar-refractivity contribution in [1.29, 1.82) is 0 Å². The number of nitrogens with zero attached hydrogens (tertiary/aromatic N) is 4. The van der Waals surface area contributed by atoms with Gasteiger partial charge < -0.3 is 14.8 Å². The highest BCUT2D eigenvalue weighted by Crippen LogP contribution is 2.47. The molecule has 1 aromatic carbocycles. The first-order valence-electron chi connectivity index (χ1n) is 10.7. The van der Waals surface area contributed by atoms with Gasteiger partial charge in [-0.3, -0.25) is 14.9 Å². The lowest BCUT2D eigenvalue weighted by atomic mass is 9.88. The number of hydrogen-bond acceptors (Lipinski definition) is 5. The summed E-state index contributed by atoms with van der Waals surface area (Å²) in [5.41, 5.74) is 0.375. The molecular formula is C22H19ClF2N6O2. The Morgan fingerprint density at radius 1 is 1.30 bits per heavy atom. The third-order valence-electron chi connectivity index (χ3n) is 6.58. The van der Waals surface area contributed by atoms with Gasteiger partial charge in [0.1, 0.15) is 6.17 Å². The largest absolute Gasteiger partial charge is 0.385 e. The van der Waals surface area contributed by atoms with Crippen LogP contribution >= 0.6 is 11.6 Å². The zero-order valence-corrected chi connectivity index (χ0v) is 18.0. The summed E-state index contributed by atoms with van der Waals surface area (Å²) < 4.78 is 30.3. The Kier molecular flexibility index (Phi) is 4.47. The molecule has 0 radical (unpaired) electrons. The molecule has 4 aromatic rings. The Morgan fingerprint density at radius 3 is 2.79 bits per heavy atom. The summed E-state index contributed by atoms with van der Waals surface area (Å²) in [6, 6.07) is 0. The van der Waals surface area contributed by atoms with Crippen LogP contribution in [0.25, 0.3) is 27.8 Å².